The number of nitrogens with one attached hydrogen (secondary N) is 2. The molecule has 1 atom stereocenters. The van der Waals surface area contributed by atoms with Gasteiger partial charge in [-0.25, -0.2) is 9.18 Å². The van der Waals surface area contributed by atoms with Crippen molar-refractivity contribution in [3.8, 4) is 0 Å². The molecule has 0 fully saturated rings. The zero-order chi connectivity index (χ0) is 16.0. The third-order valence-electron chi connectivity index (χ3n) is 2.95. The van der Waals surface area contributed by atoms with Crippen LogP contribution in [0.2, 0.25) is 0 Å². The Hall–Kier alpha value is -1.95. The van der Waals surface area contributed by atoms with Gasteiger partial charge in [-0.2, -0.15) is 0 Å². The number of carbonyl (C=O) groups excluding carboxylic acids is 1. The molecule has 0 spiro atoms. The molecule has 0 heterocycles. The minimum absolute atomic E-state index is 0.119. The summed E-state index contributed by atoms with van der Waals surface area (Å²) >= 11 is 0. The lowest BCUT2D eigenvalue weighted by Crippen LogP contribution is -2.42. The van der Waals surface area contributed by atoms with Gasteiger partial charge < -0.3 is 15.7 Å². The summed E-state index contributed by atoms with van der Waals surface area (Å²) in [4.78, 5) is 22.5. The van der Waals surface area contributed by atoms with Crippen molar-refractivity contribution in [2.45, 2.75) is 33.4 Å². The van der Waals surface area contributed by atoms with Gasteiger partial charge in [0.15, 0.2) is 0 Å². The quantitative estimate of drug-likeness (QED) is 0.716. The zero-order valence-electron chi connectivity index (χ0n) is 12.4. The van der Waals surface area contributed by atoms with Gasteiger partial charge in [0, 0.05) is 13.1 Å². The van der Waals surface area contributed by atoms with Crippen LogP contribution in [0.15, 0.2) is 18.2 Å². The Bertz CT molecular complexity index is 518. The molecule has 1 rings (SSSR count). The van der Waals surface area contributed by atoms with Gasteiger partial charge in [0.25, 0.3) is 0 Å². The van der Waals surface area contributed by atoms with Gasteiger partial charge in [0.05, 0.1) is 11.6 Å². The van der Waals surface area contributed by atoms with Crippen molar-refractivity contribution in [2.24, 2.45) is 5.92 Å². The Morgan fingerprint density at radius 3 is 2.48 bits per heavy atom. The number of carboxylic acids is 1. The van der Waals surface area contributed by atoms with Gasteiger partial charge in [-0.05, 0) is 30.5 Å². The number of carbonyl (C=O) groups is 2. The maximum Gasteiger partial charge on any atom is 0.338 e. The Kier molecular flexibility index (Phi) is 6.30. The fraction of sp³-hybridized carbons (Fsp3) is 0.467. The molecule has 1 aromatic carbocycles. The van der Waals surface area contributed by atoms with Crippen molar-refractivity contribution in [1.29, 1.82) is 0 Å². The lowest BCUT2D eigenvalue weighted by Gasteiger charge is -2.15. The van der Waals surface area contributed by atoms with Crippen LogP contribution < -0.4 is 10.6 Å². The maximum atomic E-state index is 13.5. The lowest BCUT2D eigenvalue weighted by molar-refractivity contribution is -0.122. The van der Waals surface area contributed by atoms with Gasteiger partial charge in [-0.15, -0.1) is 0 Å². The number of carboxylic acid groups (broad SMARTS) is 1. The molecular formula is C15H21FN2O3. The van der Waals surface area contributed by atoms with E-state index in [1.165, 1.54) is 12.1 Å². The molecule has 1 aromatic rings. The monoisotopic (exact) mass is 296 g/mol. The van der Waals surface area contributed by atoms with E-state index >= 15 is 0 Å². The van der Waals surface area contributed by atoms with E-state index in [9.17, 15) is 14.0 Å². The van der Waals surface area contributed by atoms with Crippen molar-refractivity contribution < 1.29 is 19.1 Å². The second-order valence-corrected chi connectivity index (χ2v) is 5.36. The zero-order valence-corrected chi connectivity index (χ0v) is 12.4. The van der Waals surface area contributed by atoms with Crippen molar-refractivity contribution in [2.75, 3.05) is 6.54 Å². The van der Waals surface area contributed by atoms with Crippen LogP contribution in [0.25, 0.3) is 0 Å². The summed E-state index contributed by atoms with van der Waals surface area (Å²) in [6.07, 6.45) is 0. The van der Waals surface area contributed by atoms with Crippen LogP contribution in [-0.4, -0.2) is 29.6 Å². The Balaban J connectivity index is 2.53. The fourth-order valence-electron chi connectivity index (χ4n) is 1.66. The second kappa shape index (κ2) is 7.73. The van der Waals surface area contributed by atoms with Crippen LogP contribution in [0.5, 0.6) is 0 Å². The standard InChI is InChI=1S/C15H21FN2O3/c1-9(2)7-18-14(19)10(3)17-8-11-4-5-12(15(20)21)13(16)6-11/h4-6,9-10,17H,7-8H2,1-3H3,(H,18,19)(H,20,21). The highest BCUT2D eigenvalue weighted by Crippen LogP contribution is 2.10. The van der Waals surface area contributed by atoms with Gasteiger partial charge in [0.1, 0.15) is 5.82 Å². The minimum Gasteiger partial charge on any atom is -0.478 e. The number of hydrogen-bond acceptors (Lipinski definition) is 3. The van der Waals surface area contributed by atoms with Crippen LogP contribution in [0, 0.1) is 11.7 Å². The van der Waals surface area contributed by atoms with E-state index in [0.29, 0.717) is 18.0 Å². The largest absolute Gasteiger partial charge is 0.478 e. The van der Waals surface area contributed by atoms with Crippen molar-refractivity contribution in [3.05, 3.63) is 35.1 Å². The minimum atomic E-state index is -1.30. The highest BCUT2D eigenvalue weighted by atomic mass is 19.1. The van der Waals surface area contributed by atoms with Gasteiger partial charge >= 0.3 is 5.97 Å². The van der Waals surface area contributed by atoms with E-state index in [1.54, 1.807) is 6.92 Å². The van der Waals surface area contributed by atoms with Crippen LogP contribution in [-0.2, 0) is 11.3 Å². The van der Waals surface area contributed by atoms with Crippen molar-refractivity contribution in [1.82, 2.24) is 10.6 Å². The summed E-state index contributed by atoms with van der Waals surface area (Å²) < 4.78 is 13.5. The first-order chi connectivity index (χ1) is 9.81. The summed E-state index contributed by atoms with van der Waals surface area (Å²) in [6, 6.07) is 3.50. The van der Waals surface area contributed by atoms with E-state index in [4.69, 9.17) is 5.11 Å². The normalized spacial score (nSPS) is 12.2. The first-order valence-electron chi connectivity index (χ1n) is 6.84. The summed E-state index contributed by atoms with van der Waals surface area (Å²) in [5.74, 6) is -1.82. The molecule has 1 amide bonds. The third kappa shape index (κ3) is 5.51. The summed E-state index contributed by atoms with van der Waals surface area (Å²) in [5.41, 5.74) is 0.225. The van der Waals surface area contributed by atoms with E-state index < -0.39 is 17.8 Å². The molecular weight excluding hydrogens is 275 g/mol. The molecule has 0 aliphatic heterocycles. The molecule has 21 heavy (non-hydrogen) atoms. The summed E-state index contributed by atoms with van der Waals surface area (Å²) in [7, 11) is 0. The fourth-order valence-corrected chi connectivity index (χ4v) is 1.66. The number of amides is 1. The van der Waals surface area contributed by atoms with Crippen molar-refractivity contribution >= 4 is 11.9 Å². The topological polar surface area (TPSA) is 78.4 Å². The van der Waals surface area contributed by atoms with Crippen LogP contribution in [0.3, 0.4) is 0 Å². The molecule has 6 heteroatoms. The molecule has 0 aliphatic carbocycles. The van der Waals surface area contributed by atoms with Gasteiger partial charge in [0.2, 0.25) is 5.91 Å². The van der Waals surface area contributed by atoms with E-state index in [0.717, 1.165) is 6.07 Å². The average Bonchev–Trinajstić information content (AvgIpc) is 2.41. The van der Waals surface area contributed by atoms with Gasteiger partial charge in [-0.1, -0.05) is 19.9 Å². The molecule has 0 saturated heterocycles. The highest BCUT2D eigenvalue weighted by molar-refractivity contribution is 5.87. The average molecular weight is 296 g/mol. The molecule has 116 valence electrons. The number of hydrogen-bond donors (Lipinski definition) is 3. The molecule has 3 N–H and O–H groups in total. The molecule has 5 nitrogen and oxygen atoms in total. The summed E-state index contributed by atoms with van der Waals surface area (Å²) in [6.45, 7) is 6.62. The molecule has 0 aliphatic rings. The predicted octanol–water partition coefficient (Wildman–Crippen LogP) is 1.77. The number of halogens is 1. The predicted molar refractivity (Wildman–Crippen MR) is 77.5 cm³/mol. The Morgan fingerprint density at radius 1 is 1.29 bits per heavy atom. The molecule has 0 saturated carbocycles. The second-order valence-electron chi connectivity index (χ2n) is 5.36. The number of aromatic carboxylic acids is 1. The molecule has 1 unspecified atom stereocenters. The Labute approximate surface area is 123 Å². The maximum absolute atomic E-state index is 13.5. The van der Waals surface area contributed by atoms with E-state index in [-0.39, 0.29) is 18.0 Å². The van der Waals surface area contributed by atoms with Gasteiger partial charge in [-0.3, -0.25) is 4.79 Å². The van der Waals surface area contributed by atoms with E-state index in [2.05, 4.69) is 10.6 Å². The van der Waals surface area contributed by atoms with Crippen LogP contribution in [0.1, 0.15) is 36.7 Å². The molecule has 0 aromatic heterocycles. The highest BCUT2D eigenvalue weighted by Gasteiger charge is 2.14. The first kappa shape index (κ1) is 17.1. The SMILES string of the molecule is CC(C)CNC(=O)C(C)NCc1ccc(C(=O)O)c(F)c1. The van der Waals surface area contributed by atoms with E-state index in [1.807, 2.05) is 13.8 Å². The Morgan fingerprint density at radius 2 is 1.95 bits per heavy atom. The molecule has 0 bridgehead atoms. The lowest BCUT2D eigenvalue weighted by atomic mass is 10.1. The summed E-state index contributed by atoms with van der Waals surface area (Å²) in [5, 5.41) is 14.5. The number of benzene rings is 1. The van der Waals surface area contributed by atoms with Crippen LogP contribution >= 0.6 is 0 Å². The number of rotatable bonds is 7. The molecule has 0 radical (unpaired) electrons. The first-order valence-corrected chi connectivity index (χ1v) is 6.84. The van der Waals surface area contributed by atoms with Crippen LogP contribution in [0.4, 0.5) is 4.39 Å². The van der Waals surface area contributed by atoms with Crippen molar-refractivity contribution in [3.63, 3.8) is 0 Å². The third-order valence-corrected chi connectivity index (χ3v) is 2.95. The smallest absolute Gasteiger partial charge is 0.338 e.